The molecule has 8 nitrogen and oxygen atoms in total. The Labute approximate surface area is 159 Å². The predicted molar refractivity (Wildman–Crippen MR) is 101 cm³/mol. The van der Waals surface area contributed by atoms with Gasteiger partial charge in [-0.05, 0) is 13.3 Å². The molecule has 1 N–H and O–H groups in total. The summed E-state index contributed by atoms with van der Waals surface area (Å²) in [4.78, 5) is 21.3. The summed E-state index contributed by atoms with van der Waals surface area (Å²) in [5.41, 5.74) is 0.423. The molecule has 0 saturated carbocycles. The molecule has 27 heavy (non-hydrogen) atoms. The summed E-state index contributed by atoms with van der Waals surface area (Å²) in [5.74, 6) is 2.04. The molecule has 0 radical (unpaired) electrons. The summed E-state index contributed by atoms with van der Waals surface area (Å²) < 4.78 is 11.2. The van der Waals surface area contributed by atoms with Crippen LogP contribution in [0.5, 0.6) is 5.88 Å². The molecule has 1 fully saturated rings. The molecule has 1 aliphatic heterocycles. The average Bonchev–Trinajstić information content (AvgIpc) is 3.21. The van der Waals surface area contributed by atoms with Crippen LogP contribution in [0.1, 0.15) is 56.3 Å². The van der Waals surface area contributed by atoms with Crippen LogP contribution < -0.4 is 4.74 Å². The Balaban J connectivity index is 1.56. The van der Waals surface area contributed by atoms with Crippen LogP contribution in [0.15, 0.2) is 16.7 Å². The molecule has 148 valence electrons. The SMILES string of the molecule is CCOc1cc(C(=O)N2CCCN(Cc3ncc(C(C)(C)C)o3)CC2)[nH]n1. The molecule has 0 unspecified atom stereocenters. The van der Waals surface area contributed by atoms with E-state index in [-0.39, 0.29) is 11.3 Å². The number of carbonyl (C=O) groups is 1. The largest absolute Gasteiger partial charge is 0.477 e. The molecular weight excluding hydrogens is 346 g/mol. The lowest BCUT2D eigenvalue weighted by Gasteiger charge is -2.20. The molecule has 0 bridgehead atoms. The first-order chi connectivity index (χ1) is 12.9. The summed E-state index contributed by atoms with van der Waals surface area (Å²) >= 11 is 0. The second-order valence-corrected chi connectivity index (χ2v) is 7.84. The van der Waals surface area contributed by atoms with Gasteiger partial charge >= 0.3 is 0 Å². The minimum atomic E-state index is -0.0440. The Bertz CT molecular complexity index is 761. The number of amides is 1. The van der Waals surface area contributed by atoms with E-state index in [2.05, 4.69) is 40.9 Å². The predicted octanol–water partition coefficient (Wildman–Crippen LogP) is 2.44. The van der Waals surface area contributed by atoms with Crippen LogP contribution in [-0.4, -0.2) is 63.7 Å². The van der Waals surface area contributed by atoms with Gasteiger partial charge in [-0.25, -0.2) is 4.98 Å². The van der Waals surface area contributed by atoms with Gasteiger partial charge in [0.15, 0.2) is 0 Å². The van der Waals surface area contributed by atoms with Crippen LogP contribution in [0.3, 0.4) is 0 Å². The van der Waals surface area contributed by atoms with E-state index >= 15 is 0 Å². The van der Waals surface area contributed by atoms with E-state index in [9.17, 15) is 4.79 Å². The highest BCUT2D eigenvalue weighted by atomic mass is 16.5. The zero-order valence-electron chi connectivity index (χ0n) is 16.6. The number of nitrogens with zero attached hydrogens (tertiary/aromatic N) is 4. The first kappa shape index (κ1) is 19.4. The highest BCUT2D eigenvalue weighted by molar-refractivity contribution is 5.92. The number of hydrogen-bond acceptors (Lipinski definition) is 6. The van der Waals surface area contributed by atoms with Crippen LogP contribution in [0.2, 0.25) is 0 Å². The fourth-order valence-electron chi connectivity index (χ4n) is 3.06. The monoisotopic (exact) mass is 375 g/mol. The summed E-state index contributed by atoms with van der Waals surface area (Å²) in [6.45, 7) is 12.5. The lowest BCUT2D eigenvalue weighted by molar-refractivity contribution is 0.0754. The maximum Gasteiger partial charge on any atom is 0.272 e. The molecule has 0 spiro atoms. The van der Waals surface area contributed by atoms with E-state index in [1.54, 1.807) is 6.07 Å². The normalized spacial score (nSPS) is 16.4. The second kappa shape index (κ2) is 8.12. The average molecular weight is 375 g/mol. The Morgan fingerprint density at radius 1 is 1.30 bits per heavy atom. The van der Waals surface area contributed by atoms with Gasteiger partial charge in [-0.3, -0.25) is 14.8 Å². The molecular formula is C19H29N5O3. The molecule has 1 saturated heterocycles. The second-order valence-electron chi connectivity index (χ2n) is 7.84. The first-order valence-electron chi connectivity index (χ1n) is 9.52. The molecule has 3 rings (SSSR count). The Kier molecular flexibility index (Phi) is 5.84. The van der Waals surface area contributed by atoms with E-state index in [1.807, 2.05) is 18.0 Å². The lowest BCUT2D eigenvalue weighted by Crippen LogP contribution is -2.35. The molecule has 2 aromatic rings. The summed E-state index contributed by atoms with van der Waals surface area (Å²) in [6, 6.07) is 1.66. The number of hydrogen-bond donors (Lipinski definition) is 1. The van der Waals surface area contributed by atoms with Gasteiger partial charge in [-0.15, -0.1) is 5.10 Å². The number of aromatic amines is 1. The van der Waals surface area contributed by atoms with Crippen molar-refractivity contribution in [2.75, 3.05) is 32.8 Å². The van der Waals surface area contributed by atoms with E-state index in [0.29, 0.717) is 31.3 Å². The summed E-state index contributed by atoms with van der Waals surface area (Å²) in [6.07, 6.45) is 2.72. The van der Waals surface area contributed by atoms with Gasteiger partial charge in [0.25, 0.3) is 5.91 Å². The van der Waals surface area contributed by atoms with Gasteiger partial charge in [-0.2, -0.15) is 0 Å². The first-order valence-corrected chi connectivity index (χ1v) is 9.52. The number of nitrogens with one attached hydrogen (secondary N) is 1. The van der Waals surface area contributed by atoms with E-state index in [4.69, 9.17) is 9.15 Å². The Hall–Kier alpha value is -2.35. The highest BCUT2D eigenvalue weighted by Gasteiger charge is 2.24. The van der Waals surface area contributed by atoms with Crippen molar-refractivity contribution in [1.82, 2.24) is 25.0 Å². The third-order valence-corrected chi connectivity index (χ3v) is 4.60. The topological polar surface area (TPSA) is 87.5 Å². The van der Waals surface area contributed by atoms with Crippen LogP contribution in [0.25, 0.3) is 0 Å². The third kappa shape index (κ3) is 4.88. The van der Waals surface area contributed by atoms with Crippen LogP contribution in [0, 0.1) is 0 Å². The van der Waals surface area contributed by atoms with E-state index in [1.165, 1.54) is 0 Å². The van der Waals surface area contributed by atoms with Crippen molar-refractivity contribution in [2.24, 2.45) is 0 Å². The third-order valence-electron chi connectivity index (χ3n) is 4.60. The molecule has 0 atom stereocenters. The smallest absolute Gasteiger partial charge is 0.272 e. The number of H-pyrrole nitrogens is 1. The molecule has 0 aliphatic carbocycles. The quantitative estimate of drug-likeness (QED) is 0.864. The number of aromatic nitrogens is 3. The van der Waals surface area contributed by atoms with Gasteiger partial charge in [0, 0.05) is 37.7 Å². The van der Waals surface area contributed by atoms with Crippen LogP contribution in [0.4, 0.5) is 0 Å². The van der Waals surface area contributed by atoms with Gasteiger partial charge in [-0.1, -0.05) is 20.8 Å². The maximum absolute atomic E-state index is 12.7. The van der Waals surface area contributed by atoms with Crippen molar-refractivity contribution in [3.8, 4) is 5.88 Å². The Morgan fingerprint density at radius 3 is 2.81 bits per heavy atom. The number of rotatable bonds is 5. The molecule has 0 aromatic carbocycles. The van der Waals surface area contributed by atoms with Crippen molar-refractivity contribution < 1.29 is 13.9 Å². The number of carbonyl (C=O) groups excluding carboxylic acids is 1. The van der Waals surface area contributed by atoms with E-state index < -0.39 is 0 Å². The standard InChI is InChI=1S/C19H29N5O3/c1-5-26-16-11-14(21-22-16)18(25)24-8-6-7-23(9-10-24)13-17-20-12-15(27-17)19(2,3)4/h11-12H,5-10,13H2,1-4H3,(H,21,22). The molecule has 1 aliphatic rings. The van der Waals surface area contributed by atoms with Gasteiger partial charge in [0.2, 0.25) is 11.8 Å². The fraction of sp³-hybridized carbons (Fsp3) is 0.632. The minimum absolute atomic E-state index is 0.0403. The number of ether oxygens (including phenoxy) is 1. The lowest BCUT2D eigenvalue weighted by atomic mass is 9.94. The summed E-state index contributed by atoms with van der Waals surface area (Å²) in [7, 11) is 0. The van der Waals surface area contributed by atoms with Crippen LogP contribution >= 0.6 is 0 Å². The zero-order valence-corrected chi connectivity index (χ0v) is 16.6. The van der Waals surface area contributed by atoms with Crippen molar-refractivity contribution in [1.29, 1.82) is 0 Å². The molecule has 1 amide bonds. The zero-order chi connectivity index (χ0) is 19.4. The maximum atomic E-state index is 12.7. The molecule has 2 aromatic heterocycles. The van der Waals surface area contributed by atoms with Crippen LogP contribution in [-0.2, 0) is 12.0 Å². The van der Waals surface area contributed by atoms with Crippen molar-refractivity contribution in [3.05, 3.63) is 29.6 Å². The van der Waals surface area contributed by atoms with E-state index in [0.717, 1.165) is 37.7 Å². The van der Waals surface area contributed by atoms with Crippen molar-refractivity contribution in [3.63, 3.8) is 0 Å². The molecule has 8 heteroatoms. The molecule has 3 heterocycles. The number of oxazole rings is 1. The summed E-state index contributed by atoms with van der Waals surface area (Å²) in [5, 5.41) is 6.78. The minimum Gasteiger partial charge on any atom is -0.477 e. The highest BCUT2D eigenvalue weighted by Crippen LogP contribution is 2.23. The van der Waals surface area contributed by atoms with Gasteiger partial charge in [0.1, 0.15) is 11.5 Å². The van der Waals surface area contributed by atoms with Gasteiger partial charge in [0.05, 0.1) is 19.3 Å². The van der Waals surface area contributed by atoms with Gasteiger partial charge < -0.3 is 14.1 Å². The Morgan fingerprint density at radius 2 is 2.11 bits per heavy atom. The van der Waals surface area contributed by atoms with Crippen molar-refractivity contribution >= 4 is 5.91 Å². The fourth-order valence-corrected chi connectivity index (χ4v) is 3.06. The van der Waals surface area contributed by atoms with Crippen molar-refractivity contribution in [2.45, 2.75) is 46.1 Å².